The van der Waals surface area contributed by atoms with E-state index in [9.17, 15) is 27.6 Å². The Morgan fingerprint density at radius 1 is 1.00 bits per heavy atom. The van der Waals surface area contributed by atoms with Gasteiger partial charge in [0, 0.05) is 12.1 Å². The highest BCUT2D eigenvalue weighted by atomic mass is 19.4. The van der Waals surface area contributed by atoms with E-state index in [1.54, 1.807) is 12.1 Å². The van der Waals surface area contributed by atoms with Crippen LogP contribution in [0.2, 0.25) is 0 Å². The molecule has 0 unspecified atom stereocenters. The van der Waals surface area contributed by atoms with Gasteiger partial charge in [0.2, 0.25) is 5.91 Å². The summed E-state index contributed by atoms with van der Waals surface area (Å²) < 4.78 is 38.7. The van der Waals surface area contributed by atoms with Gasteiger partial charge in [-0.15, -0.1) is 0 Å². The summed E-state index contributed by atoms with van der Waals surface area (Å²) in [5.41, 5.74) is -0.898. The minimum atomic E-state index is -4.58. The van der Waals surface area contributed by atoms with Gasteiger partial charge < -0.3 is 16.0 Å². The van der Waals surface area contributed by atoms with Crippen molar-refractivity contribution in [2.24, 2.45) is 0 Å². The molecular formula is C21H20F3N3O3. The van der Waals surface area contributed by atoms with Crippen molar-refractivity contribution in [3.63, 3.8) is 0 Å². The molecule has 6 nitrogen and oxygen atoms in total. The van der Waals surface area contributed by atoms with Crippen LogP contribution in [-0.2, 0) is 11.0 Å². The lowest BCUT2D eigenvalue weighted by Gasteiger charge is -2.17. The average molecular weight is 419 g/mol. The standard InChI is InChI=1S/C21H20F3N3O3/c22-21(23,24)14-7-5-6-13(12-14)18(28)26-16-9-2-1-8-15(16)19(29)27-17-10-3-4-11-25-20(17)30/h1-2,5-9,12,17H,3-4,10-11H2,(H,25,30)(H,26,28)(H,27,29)/t17-/m1/s1. The lowest BCUT2D eigenvalue weighted by Crippen LogP contribution is -2.45. The van der Waals surface area contributed by atoms with Crippen molar-refractivity contribution >= 4 is 23.4 Å². The van der Waals surface area contributed by atoms with Gasteiger partial charge in [-0.3, -0.25) is 14.4 Å². The van der Waals surface area contributed by atoms with E-state index in [0.717, 1.165) is 31.0 Å². The number of hydrogen-bond acceptors (Lipinski definition) is 3. The van der Waals surface area contributed by atoms with Crippen LogP contribution in [0.25, 0.3) is 0 Å². The molecule has 1 saturated heterocycles. The minimum absolute atomic E-state index is 0.106. The van der Waals surface area contributed by atoms with Gasteiger partial charge in [-0.2, -0.15) is 13.2 Å². The number of hydrogen-bond donors (Lipinski definition) is 3. The SMILES string of the molecule is O=C(Nc1ccccc1C(=O)N[C@@H]1CCCCNC1=O)c1cccc(C(F)(F)F)c1. The Labute approximate surface area is 170 Å². The molecule has 2 aromatic rings. The number of anilines is 1. The Bertz CT molecular complexity index is 960. The molecule has 0 saturated carbocycles. The number of benzene rings is 2. The van der Waals surface area contributed by atoms with Crippen LogP contribution in [-0.4, -0.2) is 30.3 Å². The zero-order valence-electron chi connectivity index (χ0n) is 15.9. The molecular weight excluding hydrogens is 399 g/mol. The quantitative estimate of drug-likeness (QED) is 0.710. The summed E-state index contributed by atoms with van der Waals surface area (Å²) in [6.45, 7) is 0.550. The molecule has 1 aliphatic rings. The lowest BCUT2D eigenvalue weighted by molar-refractivity contribution is -0.137. The number of para-hydroxylation sites is 1. The first-order valence-corrected chi connectivity index (χ1v) is 9.42. The van der Waals surface area contributed by atoms with E-state index in [4.69, 9.17) is 0 Å². The molecule has 1 aliphatic heterocycles. The monoisotopic (exact) mass is 419 g/mol. The fourth-order valence-corrected chi connectivity index (χ4v) is 3.13. The number of halogens is 3. The van der Waals surface area contributed by atoms with Gasteiger partial charge in [-0.25, -0.2) is 0 Å². The zero-order chi connectivity index (χ0) is 21.7. The predicted octanol–water partition coefficient (Wildman–Crippen LogP) is 3.36. The zero-order valence-corrected chi connectivity index (χ0v) is 15.9. The maximum absolute atomic E-state index is 12.9. The molecule has 30 heavy (non-hydrogen) atoms. The molecule has 0 aliphatic carbocycles. The maximum Gasteiger partial charge on any atom is 0.416 e. The molecule has 3 amide bonds. The fourth-order valence-electron chi connectivity index (χ4n) is 3.13. The third kappa shape index (κ3) is 5.16. The number of alkyl halides is 3. The Morgan fingerprint density at radius 3 is 2.53 bits per heavy atom. The van der Waals surface area contributed by atoms with Crippen LogP contribution in [0.5, 0.6) is 0 Å². The van der Waals surface area contributed by atoms with Crippen molar-refractivity contribution in [2.45, 2.75) is 31.5 Å². The predicted molar refractivity (Wildman–Crippen MR) is 104 cm³/mol. The molecule has 3 N–H and O–H groups in total. The first-order chi connectivity index (χ1) is 14.3. The van der Waals surface area contributed by atoms with E-state index in [0.29, 0.717) is 13.0 Å². The smallest absolute Gasteiger partial charge is 0.354 e. The largest absolute Gasteiger partial charge is 0.416 e. The molecule has 0 radical (unpaired) electrons. The highest BCUT2D eigenvalue weighted by molar-refractivity contribution is 6.09. The van der Waals surface area contributed by atoms with Gasteiger partial charge in [0.15, 0.2) is 0 Å². The summed E-state index contributed by atoms with van der Waals surface area (Å²) in [5, 5.41) is 7.86. The summed E-state index contributed by atoms with van der Waals surface area (Å²) in [4.78, 5) is 37.2. The van der Waals surface area contributed by atoms with Crippen LogP contribution >= 0.6 is 0 Å². The molecule has 0 aromatic heterocycles. The van der Waals surface area contributed by atoms with Crippen LogP contribution in [0.15, 0.2) is 48.5 Å². The number of rotatable bonds is 4. The minimum Gasteiger partial charge on any atom is -0.354 e. The van der Waals surface area contributed by atoms with Crippen molar-refractivity contribution < 1.29 is 27.6 Å². The molecule has 0 bridgehead atoms. The number of nitrogens with one attached hydrogen (secondary N) is 3. The number of carbonyl (C=O) groups is 3. The first-order valence-electron chi connectivity index (χ1n) is 9.42. The second kappa shape index (κ2) is 8.98. The van der Waals surface area contributed by atoms with Crippen molar-refractivity contribution in [3.8, 4) is 0 Å². The first kappa shape index (κ1) is 21.4. The van der Waals surface area contributed by atoms with E-state index in [1.807, 2.05) is 0 Å². The van der Waals surface area contributed by atoms with Crippen molar-refractivity contribution in [2.75, 3.05) is 11.9 Å². The van der Waals surface area contributed by atoms with Crippen molar-refractivity contribution in [1.82, 2.24) is 10.6 Å². The summed E-state index contributed by atoms with van der Waals surface area (Å²) in [7, 11) is 0. The molecule has 3 rings (SSSR count). The van der Waals surface area contributed by atoms with E-state index >= 15 is 0 Å². The third-order valence-electron chi connectivity index (χ3n) is 4.71. The highest BCUT2D eigenvalue weighted by Gasteiger charge is 2.31. The summed E-state index contributed by atoms with van der Waals surface area (Å²) in [6, 6.07) is 9.42. The molecule has 158 valence electrons. The van der Waals surface area contributed by atoms with Crippen LogP contribution in [0.4, 0.5) is 18.9 Å². The highest BCUT2D eigenvalue weighted by Crippen LogP contribution is 2.29. The number of amides is 3. The summed E-state index contributed by atoms with van der Waals surface area (Å²) >= 11 is 0. The van der Waals surface area contributed by atoms with Crippen LogP contribution in [0, 0.1) is 0 Å². The van der Waals surface area contributed by atoms with Crippen LogP contribution in [0.1, 0.15) is 45.5 Å². The van der Waals surface area contributed by atoms with Crippen molar-refractivity contribution in [1.29, 1.82) is 0 Å². The molecule has 0 spiro atoms. The Morgan fingerprint density at radius 2 is 1.77 bits per heavy atom. The van der Waals surface area contributed by atoms with Gasteiger partial charge in [0.1, 0.15) is 6.04 Å². The summed E-state index contributed by atoms with van der Waals surface area (Å²) in [5.74, 6) is -1.61. The molecule has 9 heteroatoms. The second-order valence-corrected chi connectivity index (χ2v) is 6.89. The van der Waals surface area contributed by atoms with Crippen LogP contribution < -0.4 is 16.0 Å². The second-order valence-electron chi connectivity index (χ2n) is 6.89. The average Bonchev–Trinajstić information content (AvgIpc) is 2.92. The maximum atomic E-state index is 12.9. The molecule has 1 heterocycles. The normalized spacial score (nSPS) is 16.9. The van der Waals surface area contributed by atoms with E-state index in [-0.39, 0.29) is 22.7 Å². The lowest BCUT2D eigenvalue weighted by atomic mass is 10.1. The van der Waals surface area contributed by atoms with E-state index in [2.05, 4.69) is 16.0 Å². The van der Waals surface area contributed by atoms with Gasteiger partial charge in [0.05, 0.1) is 16.8 Å². The third-order valence-corrected chi connectivity index (χ3v) is 4.71. The fraction of sp³-hybridized carbons (Fsp3) is 0.286. The van der Waals surface area contributed by atoms with Gasteiger partial charge in [-0.1, -0.05) is 18.2 Å². The van der Waals surface area contributed by atoms with E-state index in [1.165, 1.54) is 18.2 Å². The van der Waals surface area contributed by atoms with Crippen LogP contribution in [0.3, 0.4) is 0 Å². The Kier molecular flexibility index (Phi) is 6.39. The molecule has 1 fully saturated rings. The Hall–Kier alpha value is -3.36. The van der Waals surface area contributed by atoms with E-state index < -0.39 is 29.6 Å². The topological polar surface area (TPSA) is 87.3 Å². The van der Waals surface area contributed by atoms with Crippen molar-refractivity contribution in [3.05, 3.63) is 65.2 Å². The van der Waals surface area contributed by atoms with Gasteiger partial charge in [-0.05, 0) is 49.6 Å². The molecule has 1 atom stereocenters. The molecule has 2 aromatic carbocycles. The van der Waals surface area contributed by atoms with Gasteiger partial charge in [0.25, 0.3) is 11.8 Å². The van der Waals surface area contributed by atoms with Gasteiger partial charge >= 0.3 is 6.18 Å². The number of carbonyl (C=O) groups excluding carboxylic acids is 3. The Balaban J connectivity index is 1.77. The summed E-state index contributed by atoms with van der Waals surface area (Å²) in [6.07, 6.45) is -2.48.